The molecule has 0 unspecified atom stereocenters. The minimum absolute atomic E-state index is 0.198. The van der Waals surface area contributed by atoms with Gasteiger partial charge < -0.3 is 4.90 Å². The third-order valence-corrected chi connectivity index (χ3v) is 1.61. The number of alkyl halides is 7. The zero-order valence-corrected chi connectivity index (χ0v) is 7.32. The SMILES string of the molecule is O=C(N1CC1)C(F)(F)C(F)(F)OC(F)(F)F. The number of rotatable bonds is 3. The van der Waals surface area contributed by atoms with Crippen LogP contribution in [0.3, 0.4) is 0 Å². The van der Waals surface area contributed by atoms with Crippen molar-refractivity contribution in [2.75, 3.05) is 13.1 Å². The topological polar surface area (TPSA) is 29.3 Å². The first kappa shape index (κ1) is 13.0. The first-order valence-corrected chi connectivity index (χ1v) is 3.79. The number of carbonyl (C=O) groups excluding carboxylic acids is 1. The molecule has 1 fully saturated rings. The number of hydrogen-bond acceptors (Lipinski definition) is 2. The fourth-order valence-corrected chi connectivity index (χ4v) is 0.786. The molecular weight excluding hydrogens is 251 g/mol. The standard InChI is InChI=1S/C6H4F7NO2/c7-4(8,3(15)14-1-2-14)5(9,10)16-6(11,12)13/h1-2H2. The van der Waals surface area contributed by atoms with Crippen LogP contribution in [0, 0.1) is 0 Å². The lowest BCUT2D eigenvalue weighted by Gasteiger charge is -2.25. The normalized spacial score (nSPS) is 17.6. The fourth-order valence-electron chi connectivity index (χ4n) is 0.786. The molecule has 1 amide bonds. The first-order chi connectivity index (χ1) is 6.97. The highest BCUT2D eigenvalue weighted by molar-refractivity contribution is 5.86. The van der Waals surface area contributed by atoms with Crippen molar-refractivity contribution in [3.63, 3.8) is 0 Å². The monoisotopic (exact) mass is 255 g/mol. The molecule has 10 heteroatoms. The van der Waals surface area contributed by atoms with E-state index < -0.39 is 24.3 Å². The predicted molar refractivity (Wildman–Crippen MR) is 33.6 cm³/mol. The number of amides is 1. The van der Waals surface area contributed by atoms with Crippen molar-refractivity contribution in [3.8, 4) is 0 Å². The molecule has 1 saturated heterocycles. The largest absolute Gasteiger partial charge is 0.527 e. The molecule has 3 nitrogen and oxygen atoms in total. The Balaban J connectivity index is 2.83. The van der Waals surface area contributed by atoms with Gasteiger partial charge in [0.05, 0.1) is 0 Å². The van der Waals surface area contributed by atoms with Crippen molar-refractivity contribution in [1.82, 2.24) is 4.90 Å². The Labute approximate surface area is 83.8 Å². The molecule has 0 spiro atoms. The maximum Gasteiger partial charge on any atom is 0.527 e. The average molecular weight is 255 g/mol. The summed E-state index contributed by atoms with van der Waals surface area (Å²) >= 11 is 0. The van der Waals surface area contributed by atoms with Crippen molar-refractivity contribution < 1.29 is 40.3 Å². The zero-order chi connectivity index (χ0) is 12.8. The van der Waals surface area contributed by atoms with Crippen LogP contribution >= 0.6 is 0 Å². The van der Waals surface area contributed by atoms with Crippen LogP contribution in [0.1, 0.15) is 0 Å². The third kappa shape index (κ3) is 2.54. The Kier molecular flexibility index (Phi) is 2.82. The molecule has 1 aliphatic rings. The zero-order valence-electron chi connectivity index (χ0n) is 7.32. The van der Waals surface area contributed by atoms with E-state index in [-0.39, 0.29) is 18.0 Å². The van der Waals surface area contributed by atoms with Crippen molar-refractivity contribution in [1.29, 1.82) is 0 Å². The predicted octanol–water partition coefficient (Wildman–Crippen LogP) is 1.59. The number of ether oxygens (including phenoxy) is 1. The van der Waals surface area contributed by atoms with E-state index in [0.29, 0.717) is 0 Å². The summed E-state index contributed by atoms with van der Waals surface area (Å²) in [4.78, 5) is 10.9. The third-order valence-electron chi connectivity index (χ3n) is 1.61. The molecule has 0 bridgehead atoms. The van der Waals surface area contributed by atoms with Crippen LogP contribution in [0.25, 0.3) is 0 Å². The molecule has 16 heavy (non-hydrogen) atoms. The minimum atomic E-state index is -5.97. The van der Waals surface area contributed by atoms with E-state index in [9.17, 15) is 35.5 Å². The summed E-state index contributed by atoms with van der Waals surface area (Å²) in [6.07, 6.45) is -11.9. The van der Waals surface area contributed by atoms with Crippen molar-refractivity contribution in [2.45, 2.75) is 18.4 Å². The van der Waals surface area contributed by atoms with Gasteiger partial charge in [0.1, 0.15) is 0 Å². The van der Waals surface area contributed by atoms with Gasteiger partial charge >= 0.3 is 24.3 Å². The lowest BCUT2D eigenvalue weighted by molar-refractivity contribution is -0.458. The molecule has 0 aliphatic carbocycles. The van der Waals surface area contributed by atoms with Crippen LogP contribution in [0.15, 0.2) is 0 Å². The Morgan fingerprint density at radius 2 is 1.44 bits per heavy atom. The molecule has 94 valence electrons. The summed E-state index contributed by atoms with van der Waals surface area (Å²) in [6, 6.07) is 0. The molecule has 1 rings (SSSR count). The number of carbonyl (C=O) groups is 1. The van der Waals surface area contributed by atoms with Gasteiger partial charge in [0.2, 0.25) is 0 Å². The summed E-state index contributed by atoms with van der Waals surface area (Å²) in [7, 11) is 0. The number of halogens is 7. The van der Waals surface area contributed by atoms with E-state index in [1.165, 1.54) is 0 Å². The second kappa shape index (κ2) is 3.47. The summed E-state index contributed by atoms with van der Waals surface area (Å²) < 4.78 is 86.3. The van der Waals surface area contributed by atoms with E-state index in [2.05, 4.69) is 0 Å². The minimum Gasteiger partial charge on any atom is -0.334 e. The quantitative estimate of drug-likeness (QED) is 0.566. The molecule has 0 atom stereocenters. The smallest absolute Gasteiger partial charge is 0.334 e. The van der Waals surface area contributed by atoms with Gasteiger partial charge in [-0.15, -0.1) is 13.2 Å². The number of hydrogen-bond donors (Lipinski definition) is 0. The van der Waals surface area contributed by atoms with Crippen LogP contribution in [0.5, 0.6) is 0 Å². The van der Waals surface area contributed by atoms with E-state index in [1.807, 2.05) is 4.74 Å². The highest BCUT2D eigenvalue weighted by Crippen LogP contribution is 2.41. The van der Waals surface area contributed by atoms with Crippen LogP contribution in [0.2, 0.25) is 0 Å². The molecule has 1 heterocycles. The van der Waals surface area contributed by atoms with Crippen LogP contribution in [0.4, 0.5) is 30.7 Å². The molecule has 0 aromatic heterocycles. The summed E-state index contributed by atoms with van der Waals surface area (Å²) in [6.45, 7) is -0.396. The second-order valence-corrected chi connectivity index (χ2v) is 2.93. The lowest BCUT2D eigenvalue weighted by atomic mass is 10.3. The van der Waals surface area contributed by atoms with Gasteiger partial charge in [-0.25, -0.2) is 4.74 Å². The summed E-state index contributed by atoms with van der Waals surface area (Å²) in [5.41, 5.74) is 0. The lowest BCUT2D eigenvalue weighted by Crippen LogP contribution is -2.53. The van der Waals surface area contributed by atoms with Gasteiger partial charge in [-0.05, 0) is 0 Å². The highest BCUT2D eigenvalue weighted by Gasteiger charge is 2.69. The Bertz CT molecular complexity index is 296. The van der Waals surface area contributed by atoms with E-state index in [4.69, 9.17) is 0 Å². The van der Waals surface area contributed by atoms with Gasteiger partial charge in [0, 0.05) is 13.1 Å². The Morgan fingerprint density at radius 3 is 1.75 bits per heavy atom. The van der Waals surface area contributed by atoms with Gasteiger partial charge in [-0.2, -0.15) is 17.6 Å². The van der Waals surface area contributed by atoms with E-state index in [1.54, 1.807) is 0 Å². The summed E-state index contributed by atoms with van der Waals surface area (Å²) in [5, 5.41) is 0. The average Bonchev–Trinajstić information content (AvgIpc) is 2.79. The van der Waals surface area contributed by atoms with Gasteiger partial charge in [0.25, 0.3) is 0 Å². The van der Waals surface area contributed by atoms with E-state index >= 15 is 0 Å². The van der Waals surface area contributed by atoms with Crippen molar-refractivity contribution in [2.24, 2.45) is 0 Å². The van der Waals surface area contributed by atoms with E-state index in [0.717, 1.165) is 0 Å². The van der Waals surface area contributed by atoms with Crippen molar-refractivity contribution in [3.05, 3.63) is 0 Å². The van der Waals surface area contributed by atoms with Gasteiger partial charge in [-0.1, -0.05) is 0 Å². The molecule has 0 N–H and O–H groups in total. The molecule has 0 aromatic rings. The van der Waals surface area contributed by atoms with Crippen LogP contribution in [-0.2, 0) is 9.53 Å². The molecule has 0 radical (unpaired) electrons. The van der Waals surface area contributed by atoms with Crippen LogP contribution in [-0.4, -0.2) is 42.3 Å². The van der Waals surface area contributed by atoms with Gasteiger partial charge in [-0.3, -0.25) is 4.79 Å². The maximum atomic E-state index is 12.6. The first-order valence-electron chi connectivity index (χ1n) is 3.79. The Morgan fingerprint density at radius 1 is 1.00 bits per heavy atom. The van der Waals surface area contributed by atoms with Crippen molar-refractivity contribution >= 4 is 5.91 Å². The second-order valence-electron chi connectivity index (χ2n) is 2.93. The number of nitrogens with zero attached hydrogens (tertiary/aromatic N) is 1. The van der Waals surface area contributed by atoms with Gasteiger partial charge in [0.15, 0.2) is 0 Å². The molecule has 0 saturated carbocycles. The fraction of sp³-hybridized carbons (Fsp3) is 0.833. The van der Waals surface area contributed by atoms with Crippen LogP contribution < -0.4 is 0 Å². The summed E-state index contributed by atoms with van der Waals surface area (Å²) in [5.74, 6) is -7.93. The molecule has 0 aromatic carbocycles. The maximum absolute atomic E-state index is 12.6. The molecule has 1 aliphatic heterocycles. The molecular formula is C6H4F7NO2. The Hall–Kier alpha value is -1.06. The highest BCUT2D eigenvalue weighted by atomic mass is 19.4.